The van der Waals surface area contributed by atoms with Gasteiger partial charge in [0.05, 0.1) is 27.2 Å². The van der Waals surface area contributed by atoms with E-state index < -0.39 is 0 Å². The first kappa shape index (κ1) is 31.9. The van der Waals surface area contributed by atoms with Crippen molar-refractivity contribution in [2.24, 2.45) is 0 Å². The van der Waals surface area contributed by atoms with Crippen LogP contribution in [0.4, 0.5) is 0 Å². The van der Waals surface area contributed by atoms with E-state index in [0.29, 0.717) is 29.9 Å². The van der Waals surface area contributed by atoms with Crippen molar-refractivity contribution in [1.82, 2.24) is 10.6 Å². The Morgan fingerprint density at radius 3 is 1.75 bits per heavy atom. The van der Waals surface area contributed by atoms with Crippen molar-refractivity contribution in [3.63, 3.8) is 0 Å². The van der Waals surface area contributed by atoms with Gasteiger partial charge in [0.25, 0.3) is 11.8 Å². The largest absolute Gasteiger partial charge is 0.484 e. The number of hydrogen-bond acceptors (Lipinski definition) is 3. The van der Waals surface area contributed by atoms with E-state index in [1.807, 2.05) is 44.4 Å². The zero-order valence-electron chi connectivity index (χ0n) is 23.5. The van der Waals surface area contributed by atoms with Crippen LogP contribution in [0, 0.1) is 0 Å². The smallest absolute Gasteiger partial charge is 0.275 e. The lowest BCUT2D eigenvalue weighted by Crippen LogP contribution is -2.51. The number of nitrogens with one attached hydrogen (secondary N) is 2. The Balaban J connectivity index is 1.93. The molecule has 1 aromatic carbocycles. The van der Waals surface area contributed by atoms with Crippen molar-refractivity contribution in [3.8, 4) is 5.75 Å². The summed E-state index contributed by atoms with van der Waals surface area (Å²) in [6, 6.07) is 9.30. The number of benzene rings is 1. The summed E-state index contributed by atoms with van der Waals surface area (Å²) in [5.41, 5.74) is 0. The zero-order valence-corrected chi connectivity index (χ0v) is 23.5. The highest BCUT2D eigenvalue weighted by Gasteiger charge is 2.19. The number of para-hydroxylation sites is 1. The molecule has 206 valence electrons. The molecule has 36 heavy (non-hydrogen) atoms. The average Bonchev–Trinajstić information content (AvgIpc) is 2.85. The topological polar surface area (TPSA) is 67.4 Å². The molecule has 1 rings (SSSR count). The van der Waals surface area contributed by atoms with E-state index in [9.17, 15) is 9.59 Å². The predicted octanol–water partition coefficient (Wildman–Crippen LogP) is 5.86. The van der Waals surface area contributed by atoms with Gasteiger partial charge >= 0.3 is 0 Å². The molecule has 0 spiro atoms. The van der Waals surface area contributed by atoms with Crippen molar-refractivity contribution in [1.29, 1.82) is 0 Å². The first-order valence-electron chi connectivity index (χ1n) is 14.5. The van der Waals surface area contributed by atoms with Crippen LogP contribution in [-0.2, 0) is 9.59 Å². The zero-order chi connectivity index (χ0) is 26.3. The SMILES string of the molecule is CCCCCCCCCCCCCCCCNC(=O)C[N+](C)(C)CCNC(=O)COc1ccccc1. The number of ether oxygens (including phenoxy) is 1. The summed E-state index contributed by atoms with van der Waals surface area (Å²) in [5.74, 6) is 0.605. The fourth-order valence-corrected chi connectivity index (χ4v) is 4.29. The van der Waals surface area contributed by atoms with E-state index in [0.717, 1.165) is 13.0 Å². The number of nitrogens with zero attached hydrogens (tertiary/aromatic N) is 1. The molecule has 0 radical (unpaired) electrons. The quantitative estimate of drug-likeness (QED) is 0.145. The number of hydrogen-bond donors (Lipinski definition) is 2. The van der Waals surface area contributed by atoms with Crippen LogP contribution in [0.1, 0.15) is 96.8 Å². The molecular formula is C30H54N3O3+. The maximum atomic E-state index is 12.3. The summed E-state index contributed by atoms with van der Waals surface area (Å²) in [5, 5.41) is 5.93. The Kier molecular flexibility index (Phi) is 18.7. The summed E-state index contributed by atoms with van der Waals surface area (Å²) < 4.78 is 5.99. The molecule has 6 heteroatoms. The van der Waals surface area contributed by atoms with Gasteiger partial charge in [-0.15, -0.1) is 0 Å². The minimum Gasteiger partial charge on any atom is -0.484 e. The molecule has 2 amide bonds. The van der Waals surface area contributed by atoms with E-state index in [-0.39, 0.29) is 18.4 Å². The molecule has 0 saturated heterocycles. The van der Waals surface area contributed by atoms with Gasteiger partial charge in [0.15, 0.2) is 13.2 Å². The van der Waals surface area contributed by atoms with Crippen LogP contribution in [0.5, 0.6) is 5.75 Å². The van der Waals surface area contributed by atoms with Crippen LogP contribution in [0.15, 0.2) is 30.3 Å². The van der Waals surface area contributed by atoms with E-state index in [4.69, 9.17) is 4.74 Å². The van der Waals surface area contributed by atoms with Crippen molar-refractivity contribution in [3.05, 3.63) is 30.3 Å². The molecule has 0 atom stereocenters. The molecular weight excluding hydrogens is 450 g/mol. The summed E-state index contributed by atoms with van der Waals surface area (Å²) in [6.45, 7) is 4.63. The molecule has 0 saturated carbocycles. The normalized spacial score (nSPS) is 11.3. The Morgan fingerprint density at radius 2 is 1.19 bits per heavy atom. The molecule has 0 fully saturated rings. The lowest BCUT2D eigenvalue weighted by molar-refractivity contribution is -0.881. The second-order valence-electron chi connectivity index (χ2n) is 10.7. The number of amides is 2. The number of unbranched alkanes of at least 4 members (excludes halogenated alkanes) is 13. The Morgan fingerprint density at radius 1 is 0.694 bits per heavy atom. The highest BCUT2D eigenvalue weighted by atomic mass is 16.5. The van der Waals surface area contributed by atoms with Crippen molar-refractivity contribution >= 4 is 11.8 Å². The third kappa shape index (κ3) is 19.1. The third-order valence-corrected chi connectivity index (χ3v) is 6.58. The molecule has 0 bridgehead atoms. The van der Waals surface area contributed by atoms with E-state index in [1.165, 1.54) is 83.5 Å². The van der Waals surface area contributed by atoms with E-state index >= 15 is 0 Å². The highest BCUT2D eigenvalue weighted by Crippen LogP contribution is 2.13. The van der Waals surface area contributed by atoms with Gasteiger partial charge in [-0.25, -0.2) is 0 Å². The second-order valence-corrected chi connectivity index (χ2v) is 10.7. The van der Waals surface area contributed by atoms with Gasteiger partial charge < -0.3 is 19.9 Å². The van der Waals surface area contributed by atoms with Crippen LogP contribution < -0.4 is 15.4 Å². The standard InChI is InChI=1S/C30H53N3O3/c1-4-5-6-7-8-9-10-11-12-13-14-15-16-20-23-31-29(34)26-33(2,3)25-24-32-30(35)27-36-28-21-18-17-19-22-28/h17-19,21-22H,4-16,20,23-27H2,1-3H3,(H-,31,32,34,35)/p+1. The van der Waals surface area contributed by atoms with Gasteiger partial charge in [-0.1, -0.05) is 109 Å². The highest BCUT2D eigenvalue weighted by molar-refractivity contribution is 5.77. The average molecular weight is 505 g/mol. The molecule has 0 heterocycles. The van der Waals surface area contributed by atoms with Crippen LogP contribution in [0.25, 0.3) is 0 Å². The first-order chi connectivity index (χ1) is 17.4. The van der Waals surface area contributed by atoms with Crippen LogP contribution in [0.3, 0.4) is 0 Å². The van der Waals surface area contributed by atoms with Gasteiger partial charge in [-0.3, -0.25) is 9.59 Å². The number of carbonyl (C=O) groups is 2. The Labute approximate surface area is 221 Å². The van der Waals surface area contributed by atoms with Crippen molar-refractivity contribution in [2.75, 3.05) is 46.9 Å². The van der Waals surface area contributed by atoms with Crippen LogP contribution in [0.2, 0.25) is 0 Å². The van der Waals surface area contributed by atoms with Gasteiger partial charge in [0, 0.05) is 6.54 Å². The van der Waals surface area contributed by atoms with Crippen molar-refractivity contribution in [2.45, 2.75) is 96.8 Å². The molecule has 2 N–H and O–H groups in total. The molecule has 0 aliphatic rings. The number of rotatable bonds is 23. The number of carbonyl (C=O) groups excluding carboxylic acids is 2. The number of quaternary nitrogens is 1. The fourth-order valence-electron chi connectivity index (χ4n) is 4.29. The maximum absolute atomic E-state index is 12.3. The molecule has 0 aliphatic carbocycles. The Hall–Kier alpha value is -2.08. The predicted molar refractivity (Wildman–Crippen MR) is 150 cm³/mol. The molecule has 0 aliphatic heterocycles. The second kappa shape index (κ2) is 21.0. The summed E-state index contributed by atoms with van der Waals surface area (Å²) in [4.78, 5) is 24.3. The molecule has 6 nitrogen and oxygen atoms in total. The van der Waals surface area contributed by atoms with Gasteiger partial charge in [0.2, 0.25) is 0 Å². The molecule has 1 aromatic rings. The molecule has 0 unspecified atom stereocenters. The maximum Gasteiger partial charge on any atom is 0.275 e. The van der Waals surface area contributed by atoms with E-state index in [2.05, 4.69) is 17.6 Å². The summed E-state index contributed by atoms with van der Waals surface area (Å²) in [7, 11) is 4.03. The van der Waals surface area contributed by atoms with Gasteiger partial charge in [-0.2, -0.15) is 0 Å². The third-order valence-electron chi connectivity index (χ3n) is 6.58. The minimum absolute atomic E-state index is 0.00286. The fraction of sp³-hybridized carbons (Fsp3) is 0.733. The minimum atomic E-state index is -0.152. The van der Waals surface area contributed by atoms with Crippen molar-refractivity contribution < 1.29 is 18.8 Å². The lowest BCUT2D eigenvalue weighted by atomic mass is 10.0. The monoisotopic (exact) mass is 504 g/mol. The summed E-state index contributed by atoms with van der Waals surface area (Å²) >= 11 is 0. The summed E-state index contributed by atoms with van der Waals surface area (Å²) in [6.07, 6.45) is 18.7. The van der Waals surface area contributed by atoms with Gasteiger partial charge in [-0.05, 0) is 18.6 Å². The van der Waals surface area contributed by atoms with Crippen LogP contribution >= 0.6 is 0 Å². The number of likely N-dealkylation sites (N-methyl/N-ethyl adjacent to an activating group) is 1. The van der Waals surface area contributed by atoms with Crippen LogP contribution in [-0.4, -0.2) is 63.2 Å². The van der Waals surface area contributed by atoms with Gasteiger partial charge in [0.1, 0.15) is 5.75 Å². The molecule has 0 aromatic heterocycles. The first-order valence-corrected chi connectivity index (χ1v) is 14.5. The Bertz CT molecular complexity index is 679. The van der Waals surface area contributed by atoms with E-state index in [1.54, 1.807) is 0 Å². The lowest BCUT2D eigenvalue weighted by Gasteiger charge is -2.29.